The summed E-state index contributed by atoms with van der Waals surface area (Å²) in [5.74, 6) is -0.0560. The second-order valence-corrected chi connectivity index (χ2v) is 5.33. The third-order valence-corrected chi connectivity index (χ3v) is 3.57. The van der Waals surface area contributed by atoms with E-state index >= 15 is 0 Å². The number of imidazole rings is 1. The van der Waals surface area contributed by atoms with E-state index in [-0.39, 0.29) is 5.84 Å². The third-order valence-electron chi connectivity index (χ3n) is 2.81. The van der Waals surface area contributed by atoms with E-state index in [0.717, 1.165) is 16.6 Å². The molecule has 0 saturated carbocycles. The molecule has 21 heavy (non-hydrogen) atoms. The summed E-state index contributed by atoms with van der Waals surface area (Å²) >= 11 is 1.28. The highest BCUT2D eigenvalue weighted by molar-refractivity contribution is 7.99. The van der Waals surface area contributed by atoms with Gasteiger partial charge in [0.15, 0.2) is 16.1 Å². The molecule has 106 valence electrons. The van der Waals surface area contributed by atoms with E-state index in [4.69, 9.17) is 10.9 Å². The predicted octanol–water partition coefficient (Wildman–Crippen LogP) is 1.91. The van der Waals surface area contributed by atoms with Crippen molar-refractivity contribution < 1.29 is 5.21 Å². The summed E-state index contributed by atoms with van der Waals surface area (Å²) in [6.45, 7) is 2.02. The zero-order valence-electron chi connectivity index (χ0n) is 11.1. The van der Waals surface area contributed by atoms with Crippen molar-refractivity contribution >= 4 is 28.6 Å². The maximum absolute atomic E-state index is 8.67. The van der Waals surface area contributed by atoms with Crippen LogP contribution in [0.25, 0.3) is 11.0 Å². The number of fused-ring (bicyclic) bond motifs is 1. The van der Waals surface area contributed by atoms with Crippen molar-refractivity contribution in [1.29, 1.82) is 0 Å². The van der Waals surface area contributed by atoms with Gasteiger partial charge in [0.2, 0.25) is 0 Å². The number of H-pyrrole nitrogens is 1. The third kappa shape index (κ3) is 2.79. The summed E-state index contributed by atoms with van der Waals surface area (Å²) in [5, 5.41) is 12.7. The fourth-order valence-corrected chi connectivity index (χ4v) is 2.55. The Morgan fingerprint density at radius 2 is 2.19 bits per heavy atom. The van der Waals surface area contributed by atoms with Crippen molar-refractivity contribution in [3.05, 3.63) is 41.7 Å². The predicted molar refractivity (Wildman–Crippen MR) is 79.5 cm³/mol. The van der Waals surface area contributed by atoms with Gasteiger partial charge in [-0.15, -0.1) is 0 Å². The molecule has 8 heteroatoms. The second-order valence-electron chi connectivity index (χ2n) is 4.37. The van der Waals surface area contributed by atoms with Crippen LogP contribution in [0.1, 0.15) is 11.3 Å². The zero-order valence-corrected chi connectivity index (χ0v) is 11.9. The van der Waals surface area contributed by atoms with Crippen LogP contribution >= 0.6 is 11.8 Å². The molecule has 1 aromatic carbocycles. The lowest BCUT2D eigenvalue weighted by Gasteiger charge is -1.99. The first-order chi connectivity index (χ1) is 10.2. The molecule has 2 aromatic heterocycles. The topological polar surface area (TPSA) is 113 Å². The smallest absolute Gasteiger partial charge is 0.196 e. The first kappa shape index (κ1) is 13.4. The van der Waals surface area contributed by atoms with Gasteiger partial charge in [-0.2, -0.15) is 0 Å². The van der Waals surface area contributed by atoms with Gasteiger partial charge in [0.05, 0.1) is 11.0 Å². The molecule has 0 aliphatic heterocycles. The standard InChI is InChI=1S/C13H12N6OS/c1-7-2-3-8-10(6-7)18-13(16-8)21-12-15-5-4-9(17-12)11(14)19-20/h2-6,20H,1H3,(H2,14,19)(H,16,18). The minimum Gasteiger partial charge on any atom is -0.409 e. The number of benzene rings is 1. The van der Waals surface area contributed by atoms with Gasteiger partial charge in [0.25, 0.3) is 0 Å². The van der Waals surface area contributed by atoms with E-state index in [1.54, 1.807) is 12.3 Å². The molecule has 3 rings (SSSR count). The highest BCUT2D eigenvalue weighted by Gasteiger charge is 2.09. The molecule has 0 aliphatic carbocycles. The number of oxime groups is 1. The van der Waals surface area contributed by atoms with Crippen molar-refractivity contribution in [2.75, 3.05) is 0 Å². The first-order valence-electron chi connectivity index (χ1n) is 6.11. The Morgan fingerprint density at radius 3 is 3.00 bits per heavy atom. The number of hydrogen-bond acceptors (Lipinski definition) is 6. The zero-order chi connectivity index (χ0) is 14.8. The minimum absolute atomic E-state index is 0.0560. The lowest BCUT2D eigenvalue weighted by Crippen LogP contribution is -2.15. The fraction of sp³-hybridized carbons (Fsp3) is 0.0769. The van der Waals surface area contributed by atoms with E-state index in [2.05, 4.69) is 25.1 Å². The van der Waals surface area contributed by atoms with Crippen molar-refractivity contribution in [2.45, 2.75) is 17.2 Å². The Kier molecular flexibility index (Phi) is 3.44. The van der Waals surface area contributed by atoms with Crippen LogP contribution in [-0.4, -0.2) is 31.0 Å². The van der Waals surface area contributed by atoms with Gasteiger partial charge in [-0.25, -0.2) is 15.0 Å². The Labute approximate surface area is 124 Å². The van der Waals surface area contributed by atoms with Crippen molar-refractivity contribution in [2.24, 2.45) is 10.9 Å². The molecule has 4 N–H and O–H groups in total. The quantitative estimate of drug-likeness (QED) is 0.224. The Balaban J connectivity index is 1.91. The molecule has 2 heterocycles. The average molecular weight is 300 g/mol. The van der Waals surface area contributed by atoms with Crippen LogP contribution in [0.3, 0.4) is 0 Å². The lowest BCUT2D eigenvalue weighted by molar-refractivity contribution is 0.318. The highest BCUT2D eigenvalue weighted by atomic mass is 32.2. The summed E-state index contributed by atoms with van der Waals surface area (Å²) in [7, 11) is 0. The summed E-state index contributed by atoms with van der Waals surface area (Å²) in [6, 6.07) is 7.56. The first-order valence-corrected chi connectivity index (χ1v) is 6.92. The van der Waals surface area contributed by atoms with Gasteiger partial charge >= 0.3 is 0 Å². The van der Waals surface area contributed by atoms with Crippen molar-refractivity contribution in [3.63, 3.8) is 0 Å². The van der Waals surface area contributed by atoms with E-state index in [1.165, 1.54) is 11.8 Å². The lowest BCUT2D eigenvalue weighted by atomic mass is 10.2. The molecule has 0 amide bonds. The van der Waals surface area contributed by atoms with Crippen LogP contribution in [0.2, 0.25) is 0 Å². The summed E-state index contributed by atoms with van der Waals surface area (Å²) in [4.78, 5) is 16.0. The van der Waals surface area contributed by atoms with E-state index in [0.29, 0.717) is 16.0 Å². The number of aromatic amines is 1. The molecule has 7 nitrogen and oxygen atoms in total. The molecular weight excluding hydrogens is 288 g/mol. The maximum atomic E-state index is 8.67. The molecule has 0 fully saturated rings. The van der Waals surface area contributed by atoms with Crippen LogP contribution in [0, 0.1) is 6.92 Å². The average Bonchev–Trinajstić information content (AvgIpc) is 2.88. The van der Waals surface area contributed by atoms with E-state index in [1.807, 2.05) is 25.1 Å². The van der Waals surface area contributed by atoms with Crippen molar-refractivity contribution in [1.82, 2.24) is 19.9 Å². The fourth-order valence-electron chi connectivity index (χ4n) is 1.82. The molecule has 0 bridgehead atoms. The Bertz CT molecular complexity index is 828. The molecule has 0 radical (unpaired) electrons. The normalized spacial score (nSPS) is 12.0. The van der Waals surface area contributed by atoms with E-state index in [9.17, 15) is 0 Å². The van der Waals surface area contributed by atoms with Gasteiger partial charge in [0.1, 0.15) is 5.69 Å². The van der Waals surface area contributed by atoms with Gasteiger partial charge < -0.3 is 15.9 Å². The summed E-state index contributed by atoms with van der Waals surface area (Å²) in [6.07, 6.45) is 1.55. The number of hydrogen-bond donors (Lipinski definition) is 3. The largest absolute Gasteiger partial charge is 0.409 e. The van der Waals surface area contributed by atoms with Gasteiger partial charge in [0, 0.05) is 6.20 Å². The molecule has 0 aliphatic rings. The number of amidine groups is 1. The van der Waals surface area contributed by atoms with Crippen LogP contribution in [0.5, 0.6) is 0 Å². The SMILES string of the molecule is Cc1ccc2nc(Sc3nccc(/C(N)=N/O)n3)[nH]c2c1. The monoisotopic (exact) mass is 300 g/mol. The molecule has 0 spiro atoms. The van der Waals surface area contributed by atoms with Gasteiger partial charge in [-0.05, 0) is 42.4 Å². The number of rotatable bonds is 3. The minimum atomic E-state index is -0.0560. The Morgan fingerprint density at radius 1 is 1.33 bits per heavy atom. The molecular formula is C13H12N6OS. The number of aromatic nitrogens is 4. The number of nitrogens with zero attached hydrogens (tertiary/aromatic N) is 4. The molecule has 0 unspecified atom stereocenters. The molecule has 0 saturated heterocycles. The van der Waals surface area contributed by atoms with Crippen LogP contribution in [0.4, 0.5) is 0 Å². The van der Waals surface area contributed by atoms with Gasteiger partial charge in [-0.1, -0.05) is 11.2 Å². The van der Waals surface area contributed by atoms with Crippen molar-refractivity contribution in [3.8, 4) is 0 Å². The Hall–Kier alpha value is -2.61. The molecule has 3 aromatic rings. The second kappa shape index (κ2) is 5.41. The summed E-state index contributed by atoms with van der Waals surface area (Å²) < 4.78 is 0. The van der Waals surface area contributed by atoms with Crippen LogP contribution < -0.4 is 5.73 Å². The summed E-state index contributed by atoms with van der Waals surface area (Å²) in [5.41, 5.74) is 8.88. The number of aryl methyl sites for hydroxylation is 1. The maximum Gasteiger partial charge on any atom is 0.196 e. The van der Waals surface area contributed by atoms with Crippen LogP contribution in [0.15, 0.2) is 45.9 Å². The van der Waals surface area contributed by atoms with E-state index < -0.39 is 0 Å². The molecule has 0 atom stereocenters. The number of nitrogens with two attached hydrogens (primary N) is 1. The van der Waals surface area contributed by atoms with Crippen LogP contribution in [-0.2, 0) is 0 Å². The highest BCUT2D eigenvalue weighted by Crippen LogP contribution is 2.24. The van der Waals surface area contributed by atoms with Gasteiger partial charge in [-0.3, -0.25) is 0 Å². The number of nitrogens with one attached hydrogen (secondary N) is 1.